The molecule has 0 spiro atoms. The molecule has 0 aromatic heterocycles. The Balaban J connectivity index is 1.24. The van der Waals surface area contributed by atoms with Crippen LogP contribution in [0.15, 0.2) is 53.0 Å². The molecular weight excluding hydrogens is 442 g/mol. The van der Waals surface area contributed by atoms with Crippen LogP contribution in [0, 0.1) is 18.8 Å². The minimum atomic E-state index is -0.245. The predicted molar refractivity (Wildman–Crippen MR) is 122 cm³/mol. The van der Waals surface area contributed by atoms with Gasteiger partial charge in [0.1, 0.15) is 0 Å². The van der Waals surface area contributed by atoms with Crippen molar-refractivity contribution in [1.29, 1.82) is 0 Å². The zero-order valence-corrected chi connectivity index (χ0v) is 18.9. The highest BCUT2D eigenvalue weighted by Gasteiger charge is 2.34. The molecule has 2 unspecified atom stereocenters. The number of rotatable bonds is 6. The van der Waals surface area contributed by atoms with Crippen molar-refractivity contribution in [2.75, 3.05) is 31.1 Å². The first-order valence-electron chi connectivity index (χ1n) is 10.6. The summed E-state index contributed by atoms with van der Waals surface area (Å²) in [5.41, 5.74) is 3.52. The van der Waals surface area contributed by atoms with E-state index in [9.17, 15) is 9.59 Å². The molecule has 30 heavy (non-hydrogen) atoms. The third-order valence-electron chi connectivity index (χ3n) is 6.10. The van der Waals surface area contributed by atoms with E-state index in [1.54, 1.807) is 4.90 Å². The second kappa shape index (κ2) is 9.21. The number of nitrogens with one attached hydrogen (secondary N) is 1. The van der Waals surface area contributed by atoms with Gasteiger partial charge in [-0.3, -0.25) is 9.59 Å². The first-order valence-corrected chi connectivity index (χ1v) is 11.4. The Morgan fingerprint density at radius 1 is 1.17 bits per heavy atom. The van der Waals surface area contributed by atoms with Gasteiger partial charge in [-0.15, -0.1) is 0 Å². The van der Waals surface area contributed by atoms with E-state index in [1.165, 1.54) is 11.3 Å². The molecule has 6 heteroatoms. The van der Waals surface area contributed by atoms with Gasteiger partial charge in [0, 0.05) is 49.3 Å². The first-order chi connectivity index (χ1) is 14.5. The maximum atomic E-state index is 12.7. The molecule has 2 heterocycles. The average molecular weight is 470 g/mol. The summed E-state index contributed by atoms with van der Waals surface area (Å²) in [6.45, 7) is 5.75. The third-order valence-corrected chi connectivity index (χ3v) is 6.60. The number of carbonyl (C=O) groups excluding carboxylic acids is 2. The van der Waals surface area contributed by atoms with Gasteiger partial charge in [-0.25, -0.2) is 0 Å². The lowest BCUT2D eigenvalue weighted by atomic mass is 10.1. The Hall–Kier alpha value is -2.34. The molecule has 2 fully saturated rings. The lowest BCUT2D eigenvalue weighted by molar-refractivity contribution is -0.129. The number of amides is 2. The monoisotopic (exact) mass is 469 g/mol. The van der Waals surface area contributed by atoms with Crippen LogP contribution < -0.4 is 10.2 Å². The minimum Gasteiger partial charge on any atom is -0.371 e. The van der Waals surface area contributed by atoms with Crippen molar-refractivity contribution < 1.29 is 9.59 Å². The molecule has 0 radical (unpaired) electrons. The quantitative estimate of drug-likeness (QED) is 0.700. The number of likely N-dealkylation sites (tertiary alicyclic amines) is 1. The lowest BCUT2D eigenvalue weighted by Gasteiger charge is -2.20. The summed E-state index contributed by atoms with van der Waals surface area (Å²) in [5.74, 6) is 0.271. The molecule has 0 bridgehead atoms. The maximum Gasteiger partial charge on any atom is 0.225 e. The van der Waals surface area contributed by atoms with Crippen LogP contribution in [-0.2, 0) is 16.1 Å². The Kier molecular flexibility index (Phi) is 6.42. The van der Waals surface area contributed by atoms with Gasteiger partial charge in [-0.2, -0.15) is 0 Å². The molecule has 0 saturated carbocycles. The van der Waals surface area contributed by atoms with Crippen molar-refractivity contribution in [1.82, 2.24) is 10.2 Å². The summed E-state index contributed by atoms with van der Waals surface area (Å²) in [6, 6.07) is 16.5. The van der Waals surface area contributed by atoms with Crippen LogP contribution in [0.25, 0.3) is 0 Å². The van der Waals surface area contributed by atoms with E-state index in [0.717, 1.165) is 29.5 Å². The van der Waals surface area contributed by atoms with Crippen molar-refractivity contribution in [3.63, 3.8) is 0 Å². The molecule has 0 aliphatic carbocycles. The van der Waals surface area contributed by atoms with Gasteiger partial charge in [0.05, 0.1) is 5.92 Å². The smallest absolute Gasteiger partial charge is 0.225 e. The fraction of sp³-hybridized carbons (Fsp3) is 0.417. The van der Waals surface area contributed by atoms with Crippen LogP contribution in [0.4, 0.5) is 5.69 Å². The zero-order chi connectivity index (χ0) is 21.1. The number of hydrogen-bond donors (Lipinski definition) is 1. The summed E-state index contributed by atoms with van der Waals surface area (Å²) in [5, 5.41) is 3.11. The number of carbonyl (C=O) groups is 2. The molecule has 2 aromatic rings. The highest BCUT2D eigenvalue weighted by atomic mass is 79.9. The fourth-order valence-electron chi connectivity index (χ4n) is 4.31. The van der Waals surface area contributed by atoms with E-state index in [0.29, 0.717) is 32.0 Å². The molecule has 2 atom stereocenters. The molecule has 5 nitrogen and oxygen atoms in total. The molecule has 158 valence electrons. The van der Waals surface area contributed by atoms with E-state index < -0.39 is 0 Å². The standard InChI is InChI=1S/C24H28BrN3O2/c1-17-5-7-18(8-6-17)14-28-16-20(11-23(28)29)24(30)26-13-19-9-10-27(15-19)22-4-2-3-21(25)12-22/h2-8,12,19-20H,9-11,13-16H2,1H3,(H,26,30). The van der Waals surface area contributed by atoms with Gasteiger partial charge in [-0.1, -0.05) is 51.8 Å². The summed E-state index contributed by atoms with van der Waals surface area (Å²) >= 11 is 3.53. The van der Waals surface area contributed by atoms with Crippen LogP contribution in [-0.4, -0.2) is 42.9 Å². The van der Waals surface area contributed by atoms with E-state index in [2.05, 4.69) is 50.4 Å². The van der Waals surface area contributed by atoms with Gasteiger partial charge in [-0.05, 0) is 43.0 Å². The molecule has 2 aromatic carbocycles. The third kappa shape index (κ3) is 5.04. The Morgan fingerprint density at radius 3 is 2.73 bits per heavy atom. The van der Waals surface area contributed by atoms with Crippen molar-refractivity contribution in [3.05, 3.63) is 64.1 Å². The van der Waals surface area contributed by atoms with E-state index in [1.807, 2.05) is 31.2 Å². The van der Waals surface area contributed by atoms with Crippen LogP contribution in [0.5, 0.6) is 0 Å². The van der Waals surface area contributed by atoms with Crippen LogP contribution in [0.1, 0.15) is 24.0 Å². The van der Waals surface area contributed by atoms with Gasteiger partial charge in [0.15, 0.2) is 0 Å². The van der Waals surface area contributed by atoms with Crippen molar-refractivity contribution >= 4 is 33.4 Å². The second-order valence-corrected chi connectivity index (χ2v) is 9.40. The van der Waals surface area contributed by atoms with Crippen LogP contribution in [0.3, 0.4) is 0 Å². The van der Waals surface area contributed by atoms with Crippen molar-refractivity contribution in [2.24, 2.45) is 11.8 Å². The highest BCUT2D eigenvalue weighted by Crippen LogP contribution is 2.26. The maximum absolute atomic E-state index is 12.7. The topological polar surface area (TPSA) is 52.7 Å². The Labute approximate surface area is 186 Å². The van der Waals surface area contributed by atoms with Gasteiger partial charge >= 0.3 is 0 Å². The highest BCUT2D eigenvalue weighted by molar-refractivity contribution is 9.10. The summed E-state index contributed by atoms with van der Waals surface area (Å²) < 4.78 is 1.08. The minimum absolute atomic E-state index is 0.00987. The second-order valence-electron chi connectivity index (χ2n) is 8.49. The number of nitrogens with zero attached hydrogens (tertiary/aromatic N) is 2. The molecule has 2 aliphatic rings. The van der Waals surface area contributed by atoms with Crippen molar-refractivity contribution in [3.8, 4) is 0 Å². The van der Waals surface area contributed by atoms with E-state index in [4.69, 9.17) is 0 Å². The number of anilines is 1. The number of benzene rings is 2. The number of hydrogen-bond acceptors (Lipinski definition) is 3. The zero-order valence-electron chi connectivity index (χ0n) is 17.3. The van der Waals surface area contributed by atoms with Gasteiger partial charge < -0.3 is 15.1 Å². The van der Waals surface area contributed by atoms with E-state index >= 15 is 0 Å². The van der Waals surface area contributed by atoms with Gasteiger partial charge in [0.2, 0.25) is 11.8 Å². The number of halogens is 1. The average Bonchev–Trinajstić information content (AvgIpc) is 3.35. The van der Waals surface area contributed by atoms with Crippen LogP contribution >= 0.6 is 15.9 Å². The molecule has 2 aliphatic heterocycles. The van der Waals surface area contributed by atoms with Gasteiger partial charge in [0.25, 0.3) is 0 Å². The fourth-order valence-corrected chi connectivity index (χ4v) is 4.70. The predicted octanol–water partition coefficient (Wildman–Crippen LogP) is 3.75. The van der Waals surface area contributed by atoms with Crippen LogP contribution in [0.2, 0.25) is 0 Å². The molecule has 2 saturated heterocycles. The molecule has 1 N–H and O–H groups in total. The normalized spacial score (nSPS) is 21.3. The summed E-state index contributed by atoms with van der Waals surface area (Å²) in [4.78, 5) is 29.2. The SMILES string of the molecule is Cc1ccc(CN2CC(C(=O)NCC3CCN(c4cccc(Br)c4)C3)CC2=O)cc1. The molecule has 4 rings (SSSR count). The van der Waals surface area contributed by atoms with E-state index in [-0.39, 0.29) is 17.7 Å². The van der Waals surface area contributed by atoms with Crippen molar-refractivity contribution in [2.45, 2.75) is 26.3 Å². The molecular formula is C24H28BrN3O2. The summed E-state index contributed by atoms with van der Waals surface area (Å²) in [6.07, 6.45) is 1.38. The lowest BCUT2D eigenvalue weighted by Crippen LogP contribution is -2.36. The number of aryl methyl sites for hydroxylation is 1. The Bertz CT molecular complexity index is 915. The largest absolute Gasteiger partial charge is 0.371 e. The molecule has 2 amide bonds. The summed E-state index contributed by atoms with van der Waals surface area (Å²) in [7, 11) is 0. The Morgan fingerprint density at radius 2 is 1.97 bits per heavy atom. The first kappa shape index (κ1) is 20.9.